The molecule has 1 heterocycles. The standard InChI is InChI=1S/C9H7N.C6H6.He/c1-2-6-9-8(4-1)5-3-7-10-9;1-2-4-6-5-3-1;/h1-7H;1-6H;. The largest absolute Gasteiger partial charge is 0.256 e. The van der Waals surface area contributed by atoms with Crippen LogP contribution in [0, 0.1) is 6.15 Å². The predicted octanol–water partition coefficient (Wildman–Crippen LogP) is 3.92. The average molecular weight is 211 g/mol. The summed E-state index contributed by atoms with van der Waals surface area (Å²) in [4.78, 5) is 4.18. The second-order valence-electron chi connectivity index (χ2n) is 3.35. The zero-order valence-electron chi connectivity index (χ0n) is 9.66. The van der Waals surface area contributed by atoms with Crippen molar-refractivity contribution in [2.24, 2.45) is 0 Å². The summed E-state index contributed by atoms with van der Waals surface area (Å²) in [5, 5.41) is 1.20. The van der Waals surface area contributed by atoms with E-state index in [0.29, 0.717) is 0 Å². The van der Waals surface area contributed by atoms with Gasteiger partial charge in [0.15, 0.2) is 0 Å². The first-order chi connectivity index (χ1) is 7.97. The van der Waals surface area contributed by atoms with Gasteiger partial charge in [-0.25, -0.2) is 0 Å². The number of nitrogens with zero attached hydrogens (tertiary/aromatic N) is 1. The van der Waals surface area contributed by atoms with Crippen molar-refractivity contribution in [2.75, 3.05) is 0 Å². The summed E-state index contributed by atoms with van der Waals surface area (Å²) < 4.78 is 0. The third-order valence-electron chi connectivity index (χ3n) is 2.18. The molecule has 1 nitrogen and oxygen atoms in total. The van der Waals surface area contributed by atoms with Crippen molar-refractivity contribution in [3.63, 3.8) is 0 Å². The number of rotatable bonds is 0. The molecule has 0 amide bonds. The van der Waals surface area contributed by atoms with Gasteiger partial charge in [-0.15, -0.1) is 0 Å². The summed E-state index contributed by atoms with van der Waals surface area (Å²) >= 11 is 0. The van der Waals surface area contributed by atoms with Crippen LogP contribution >= 0.6 is 0 Å². The molecule has 2 aromatic carbocycles. The first-order valence-corrected chi connectivity index (χ1v) is 5.26. The van der Waals surface area contributed by atoms with Crippen LogP contribution in [0.15, 0.2) is 79.0 Å². The molecule has 0 saturated heterocycles. The monoisotopic (exact) mass is 211 g/mol. The van der Waals surface area contributed by atoms with Gasteiger partial charge in [0.1, 0.15) is 0 Å². The number of hydrogen-bond donors (Lipinski definition) is 0. The second kappa shape index (κ2) is 7.10. The van der Waals surface area contributed by atoms with Gasteiger partial charge >= 0.3 is 0 Å². The molecule has 0 radical (unpaired) electrons. The van der Waals surface area contributed by atoms with Gasteiger partial charge in [-0.3, -0.25) is 4.98 Å². The fourth-order valence-corrected chi connectivity index (χ4v) is 1.40. The Hall–Kier alpha value is -2.24. The van der Waals surface area contributed by atoms with Crippen LogP contribution in [-0.2, 0) is 0 Å². The summed E-state index contributed by atoms with van der Waals surface area (Å²) in [6, 6.07) is 24.1. The molecular formula is C15H13HeN. The van der Waals surface area contributed by atoms with Gasteiger partial charge in [0.05, 0.1) is 5.52 Å². The molecule has 3 rings (SSSR count). The van der Waals surface area contributed by atoms with Crippen molar-refractivity contribution in [3.8, 4) is 0 Å². The van der Waals surface area contributed by atoms with Crippen molar-refractivity contribution in [1.29, 1.82) is 0 Å². The van der Waals surface area contributed by atoms with Gasteiger partial charge in [-0.05, 0) is 12.1 Å². The third-order valence-corrected chi connectivity index (χ3v) is 2.18. The number of pyridine rings is 1. The normalized spacial score (nSPS) is 8.71. The quantitative estimate of drug-likeness (QED) is 0.549. The van der Waals surface area contributed by atoms with Crippen LogP contribution in [0.4, 0.5) is 0 Å². The van der Waals surface area contributed by atoms with Gasteiger partial charge in [-0.2, -0.15) is 0 Å². The molecular weight excluding hydrogens is 198 g/mol. The van der Waals surface area contributed by atoms with Crippen molar-refractivity contribution >= 4 is 10.9 Å². The first kappa shape index (κ1) is 12.8. The number of aromatic nitrogens is 1. The number of fused-ring (bicyclic) bond motifs is 1. The topological polar surface area (TPSA) is 12.9 Å². The Labute approximate surface area is 102 Å². The Morgan fingerprint density at radius 1 is 0.588 bits per heavy atom. The van der Waals surface area contributed by atoms with E-state index >= 15 is 0 Å². The molecule has 2 heteroatoms. The van der Waals surface area contributed by atoms with E-state index in [1.54, 1.807) is 0 Å². The maximum Gasteiger partial charge on any atom is 0.0701 e. The van der Waals surface area contributed by atoms with Gasteiger partial charge in [-0.1, -0.05) is 60.7 Å². The minimum Gasteiger partial charge on any atom is -0.256 e. The Morgan fingerprint density at radius 3 is 1.71 bits per heavy atom. The predicted molar refractivity (Wildman–Crippen MR) is 68.2 cm³/mol. The van der Waals surface area contributed by atoms with Crippen LogP contribution in [0.1, 0.15) is 0 Å². The molecule has 3 aromatic rings. The van der Waals surface area contributed by atoms with E-state index in [0.717, 1.165) is 5.52 Å². The molecule has 0 saturated carbocycles. The van der Waals surface area contributed by atoms with Crippen LogP contribution in [0.3, 0.4) is 0 Å². The molecule has 80 valence electrons. The smallest absolute Gasteiger partial charge is 0.0701 e. The minimum atomic E-state index is 0. The molecule has 0 bridgehead atoms. The second-order valence-corrected chi connectivity index (χ2v) is 3.35. The molecule has 1 aromatic heterocycles. The van der Waals surface area contributed by atoms with E-state index in [2.05, 4.69) is 17.1 Å². The molecule has 0 aliphatic rings. The van der Waals surface area contributed by atoms with E-state index in [1.165, 1.54) is 5.39 Å². The van der Waals surface area contributed by atoms with Crippen molar-refractivity contribution in [3.05, 3.63) is 79.0 Å². The summed E-state index contributed by atoms with van der Waals surface area (Å²) in [7, 11) is 0. The van der Waals surface area contributed by atoms with Crippen LogP contribution in [0.2, 0.25) is 0 Å². The number of para-hydroxylation sites is 1. The molecule has 0 aliphatic carbocycles. The van der Waals surface area contributed by atoms with Crippen molar-refractivity contribution < 1.29 is 6.15 Å². The summed E-state index contributed by atoms with van der Waals surface area (Å²) in [6.45, 7) is 0. The molecule has 17 heavy (non-hydrogen) atoms. The molecule has 0 aliphatic heterocycles. The zero-order chi connectivity index (χ0) is 11.1. The van der Waals surface area contributed by atoms with E-state index < -0.39 is 0 Å². The molecule has 0 atom stereocenters. The van der Waals surface area contributed by atoms with E-state index in [1.807, 2.05) is 66.9 Å². The van der Waals surface area contributed by atoms with Gasteiger partial charge in [0.25, 0.3) is 0 Å². The van der Waals surface area contributed by atoms with Crippen LogP contribution in [-0.4, -0.2) is 4.98 Å². The number of hydrogen-bond acceptors (Lipinski definition) is 1. The summed E-state index contributed by atoms with van der Waals surface area (Å²) in [5.41, 5.74) is 1.06. The van der Waals surface area contributed by atoms with E-state index in [-0.39, 0.29) is 6.15 Å². The molecule has 0 N–H and O–H groups in total. The molecule has 0 fully saturated rings. The van der Waals surface area contributed by atoms with Gasteiger partial charge in [0.2, 0.25) is 0 Å². The summed E-state index contributed by atoms with van der Waals surface area (Å²) in [5.74, 6) is 0. The Morgan fingerprint density at radius 2 is 1.12 bits per heavy atom. The Balaban J connectivity index is 0.000000180. The zero-order valence-corrected chi connectivity index (χ0v) is 9.66. The molecule has 0 spiro atoms. The maximum atomic E-state index is 4.18. The van der Waals surface area contributed by atoms with Gasteiger partial charge in [0, 0.05) is 17.7 Å². The minimum absolute atomic E-state index is 0. The molecule has 0 unspecified atom stereocenters. The third kappa shape index (κ3) is 4.02. The maximum absolute atomic E-state index is 4.18. The Kier molecular flexibility index (Phi) is 5.36. The van der Waals surface area contributed by atoms with Crippen molar-refractivity contribution in [2.45, 2.75) is 0 Å². The van der Waals surface area contributed by atoms with Crippen molar-refractivity contribution in [1.82, 2.24) is 4.98 Å². The Bertz CT molecular complexity index is 445. The van der Waals surface area contributed by atoms with Crippen LogP contribution in [0.25, 0.3) is 10.9 Å². The fraction of sp³-hybridized carbons (Fsp3) is 0. The van der Waals surface area contributed by atoms with Crippen LogP contribution < -0.4 is 0 Å². The number of benzene rings is 2. The first-order valence-electron chi connectivity index (χ1n) is 5.26. The van der Waals surface area contributed by atoms with E-state index in [9.17, 15) is 0 Å². The SMILES string of the molecule is [He].c1ccc2ncccc2c1.c1ccccc1. The average Bonchev–Trinajstić information content (AvgIpc) is 2.42. The van der Waals surface area contributed by atoms with E-state index in [4.69, 9.17) is 0 Å². The van der Waals surface area contributed by atoms with Gasteiger partial charge < -0.3 is 0 Å². The van der Waals surface area contributed by atoms with Crippen LogP contribution in [0.5, 0.6) is 0 Å². The fourth-order valence-electron chi connectivity index (χ4n) is 1.40. The summed E-state index contributed by atoms with van der Waals surface area (Å²) in [6.07, 6.45) is 1.81.